The molecule has 0 radical (unpaired) electrons. The van der Waals surface area contributed by atoms with Crippen LogP contribution in [0.2, 0.25) is 0 Å². The molecule has 156 valence electrons. The van der Waals surface area contributed by atoms with Crippen LogP contribution in [0.5, 0.6) is 0 Å². The van der Waals surface area contributed by atoms with Gasteiger partial charge in [0.05, 0.1) is 11.6 Å². The van der Waals surface area contributed by atoms with Gasteiger partial charge in [0.25, 0.3) is 11.7 Å². The average molecular weight is 481 g/mol. The molecule has 3 aromatic rings. The zero-order chi connectivity index (χ0) is 22.1. The molecule has 0 aliphatic carbocycles. The highest BCUT2D eigenvalue weighted by atomic mass is 79.9. The Morgan fingerprint density at radius 2 is 1.77 bits per heavy atom. The molecule has 1 unspecified atom stereocenters. The maximum absolute atomic E-state index is 14.1. The van der Waals surface area contributed by atoms with Crippen LogP contribution in [-0.4, -0.2) is 26.7 Å². The van der Waals surface area contributed by atoms with E-state index in [0.29, 0.717) is 11.1 Å². The number of carbonyl (C=O) groups is 2. The third-order valence-corrected chi connectivity index (χ3v) is 5.80. The summed E-state index contributed by atoms with van der Waals surface area (Å²) in [7, 11) is 0. The standard InChI is InChI=1S/C24H18BrFN2O3/c1-14-2-3-17(12-19(14)26)22(29)20-21(16-4-6-18(25)7-5-16)28(24(31)23(20)30)13-15-8-10-27-11-9-15/h2-12,21,29H,13H2,1H3/b22-20-. The second-order valence-electron chi connectivity index (χ2n) is 7.30. The minimum atomic E-state index is -0.814. The van der Waals surface area contributed by atoms with Crippen LogP contribution in [0.25, 0.3) is 5.76 Å². The third kappa shape index (κ3) is 4.01. The smallest absolute Gasteiger partial charge is 0.295 e. The molecule has 1 atom stereocenters. The number of amides is 1. The lowest BCUT2D eigenvalue weighted by Crippen LogP contribution is -2.29. The summed E-state index contributed by atoms with van der Waals surface area (Å²) in [5.41, 5.74) is 1.95. The van der Waals surface area contributed by atoms with Crippen LogP contribution in [0.15, 0.2) is 77.0 Å². The van der Waals surface area contributed by atoms with E-state index in [0.717, 1.165) is 10.0 Å². The van der Waals surface area contributed by atoms with Gasteiger partial charge in [-0.1, -0.05) is 40.2 Å². The fourth-order valence-electron chi connectivity index (χ4n) is 3.62. The minimum absolute atomic E-state index is 0.0652. The van der Waals surface area contributed by atoms with Crippen LogP contribution in [0, 0.1) is 12.7 Å². The lowest BCUT2D eigenvalue weighted by molar-refractivity contribution is -0.140. The molecule has 0 spiro atoms. The molecule has 1 aliphatic heterocycles. The van der Waals surface area contributed by atoms with Gasteiger partial charge in [-0.2, -0.15) is 0 Å². The van der Waals surface area contributed by atoms with Crippen LogP contribution < -0.4 is 0 Å². The number of aryl methyl sites for hydroxylation is 1. The summed E-state index contributed by atoms with van der Waals surface area (Å²) < 4.78 is 15.0. The number of halogens is 2. The fourth-order valence-corrected chi connectivity index (χ4v) is 3.88. The number of aromatic nitrogens is 1. The Kier molecular flexibility index (Phi) is 5.69. The summed E-state index contributed by atoms with van der Waals surface area (Å²) >= 11 is 3.38. The van der Waals surface area contributed by atoms with E-state index in [-0.39, 0.29) is 17.7 Å². The van der Waals surface area contributed by atoms with Gasteiger partial charge in [0.15, 0.2) is 0 Å². The molecule has 2 aromatic carbocycles. The first-order valence-electron chi connectivity index (χ1n) is 9.56. The van der Waals surface area contributed by atoms with Crippen LogP contribution in [0.4, 0.5) is 4.39 Å². The van der Waals surface area contributed by atoms with Crippen molar-refractivity contribution in [3.05, 3.63) is 105 Å². The third-order valence-electron chi connectivity index (χ3n) is 5.27. The fraction of sp³-hybridized carbons (Fsp3) is 0.125. The van der Waals surface area contributed by atoms with E-state index in [4.69, 9.17) is 0 Å². The number of aliphatic hydroxyl groups is 1. The largest absolute Gasteiger partial charge is 0.507 e. The molecular weight excluding hydrogens is 463 g/mol. The zero-order valence-corrected chi connectivity index (χ0v) is 18.1. The summed E-state index contributed by atoms with van der Waals surface area (Å²) in [5, 5.41) is 11.0. The monoisotopic (exact) mass is 480 g/mol. The van der Waals surface area contributed by atoms with Crippen molar-refractivity contribution in [2.24, 2.45) is 0 Å². The number of rotatable bonds is 4. The van der Waals surface area contributed by atoms with Crippen molar-refractivity contribution in [3.8, 4) is 0 Å². The average Bonchev–Trinajstić information content (AvgIpc) is 3.01. The van der Waals surface area contributed by atoms with Crippen molar-refractivity contribution in [1.82, 2.24) is 9.88 Å². The van der Waals surface area contributed by atoms with Crippen LogP contribution >= 0.6 is 15.9 Å². The van der Waals surface area contributed by atoms with Crippen molar-refractivity contribution < 1.29 is 19.1 Å². The normalized spacial score (nSPS) is 17.9. The van der Waals surface area contributed by atoms with E-state index < -0.39 is 29.3 Å². The van der Waals surface area contributed by atoms with E-state index in [1.54, 1.807) is 55.7 Å². The maximum atomic E-state index is 14.1. The van der Waals surface area contributed by atoms with Gasteiger partial charge in [-0.3, -0.25) is 14.6 Å². The van der Waals surface area contributed by atoms with Gasteiger partial charge >= 0.3 is 0 Å². The van der Waals surface area contributed by atoms with Crippen molar-refractivity contribution in [1.29, 1.82) is 0 Å². The van der Waals surface area contributed by atoms with Crippen LogP contribution in [0.3, 0.4) is 0 Å². The topological polar surface area (TPSA) is 70.5 Å². The van der Waals surface area contributed by atoms with Gasteiger partial charge in [0, 0.05) is 29.0 Å². The predicted molar refractivity (Wildman–Crippen MR) is 117 cm³/mol. The molecule has 0 bridgehead atoms. The number of likely N-dealkylation sites (tertiary alicyclic amines) is 1. The Hall–Kier alpha value is -3.32. The molecule has 1 fully saturated rings. The number of Topliss-reactive ketones (excluding diaryl/α,β-unsaturated/α-hetero) is 1. The lowest BCUT2D eigenvalue weighted by atomic mass is 9.95. The molecule has 1 aromatic heterocycles. The number of hydrogen-bond donors (Lipinski definition) is 1. The molecule has 2 heterocycles. The molecule has 1 saturated heterocycles. The first-order valence-corrected chi connectivity index (χ1v) is 10.4. The SMILES string of the molecule is Cc1ccc(/C(O)=C2/C(=O)C(=O)N(Cc3ccncc3)C2c2ccc(Br)cc2)cc1F. The van der Waals surface area contributed by atoms with Crippen molar-refractivity contribution >= 4 is 33.4 Å². The molecule has 4 rings (SSSR count). The number of aliphatic hydroxyl groups excluding tert-OH is 1. The van der Waals surface area contributed by atoms with Crippen molar-refractivity contribution in [3.63, 3.8) is 0 Å². The van der Waals surface area contributed by atoms with Crippen molar-refractivity contribution in [2.45, 2.75) is 19.5 Å². The van der Waals surface area contributed by atoms with E-state index in [9.17, 15) is 19.1 Å². The number of ketones is 1. The molecular formula is C24H18BrFN2O3. The summed E-state index contributed by atoms with van der Waals surface area (Å²) in [6, 6.07) is 14.1. The first kappa shape index (κ1) is 20.9. The Balaban J connectivity index is 1.87. The van der Waals surface area contributed by atoms with E-state index in [1.165, 1.54) is 23.1 Å². The molecule has 5 nitrogen and oxygen atoms in total. The first-order chi connectivity index (χ1) is 14.9. The number of nitrogens with zero attached hydrogens (tertiary/aromatic N) is 2. The van der Waals surface area contributed by atoms with E-state index >= 15 is 0 Å². The van der Waals surface area contributed by atoms with E-state index in [2.05, 4.69) is 20.9 Å². The van der Waals surface area contributed by atoms with Gasteiger partial charge < -0.3 is 10.0 Å². The van der Waals surface area contributed by atoms with Crippen molar-refractivity contribution in [2.75, 3.05) is 0 Å². The zero-order valence-electron chi connectivity index (χ0n) is 16.5. The maximum Gasteiger partial charge on any atom is 0.295 e. The van der Waals surface area contributed by atoms with Crippen LogP contribution in [0.1, 0.15) is 28.3 Å². The van der Waals surface area contributed by atoms with Gasteiger partial charge in [-0.15, -0.1) is 0 Å². The highest BCUT2D eigenvalue weighted by molar-refractivity contribution is 9.10. The molecule has 0 saturated carbocycles. The quantitative estimate of drug-likeness (QED) is 0.327. The number of benzene rings is 2. The van der Waals surface area contributed by atoms with Gasteiger partial charge in [0.1, 0.15) is 11.6 Å². The Morgan fingerprint density at radius 3 is 2.42 bits per heavy atom. The summed E-state index contributed by atoms with van der Waals surface area (Å²) in [4.78, 5) is 31.4. The highest BCUT2D eigenvalue weighted by Crippen LogP contribution is 2.40. The number of hydrogen-bond acceptors (Lipinski definition) is 4. The van der Waals surface area contributed by atoms with E-state index in [1.807, 2.05) is 0 Å². The summed E-state index contributed by atoms with van der Waals surface area (Å²) in [6.45, 7) is 1.77. The molecule has 1 aliphatic rings. The Labute approximate surface area is 187 Å². The Bertz CT molecular complexity index is 1190. The molecule has 7 heteroatoms. The van der Waals surface area contributed by atoms with Gasteiger partial charge in [0.2, 0.25) is 0 Å². The van der Waals surface area contributed by atoms with Crippen LogP contribution in [-0.2, 0) is 16.1 Å². The Morgan fingerprint density at radius 1 is 1.10 bits per heavy atom. The second-order valence-corrected chi connectivity index (χ2v) is 8.21. The minimum Gasteiger partial charge on any atom is -0.507 e. The predicted octanol–water partition coefficient (Wildman–Crippen LogP) is 4.91. The summed E-state index contributed by atoms with van der Waals surface area (Å²) in [5.74, 6) is -2.43. The van der Waals surface area contributed by atoms with Gasteiger partial charge in [-0.25, -0.2) is 4.39 Å². The molecule has 1 N–H and O–H groups in total. The number of carbonyl (C=O) groups excluding carboxylic acids is 2. The van der Waals surface area contributed by atoms with Gasteiger partial charge in [-0.05, 0) is 53.9 Å². The number of pyridine rings is 1. The second kappa shape index (κ2) is 8.43. The molecule has 1 amide bonds. The summed E-state index contributed by atoms with van der Waals surface area (Å²) in [6.07, 6.45) is 3.21. The highest BCUT2D eigenvalue weighted by Gasteiger charge is 2.46. The molecule has 31 heavy (non-hydrogen) atoms. The lowest BCUT2D eigenvalue weighted by Gasteiger charge is -2.25.